The molecule has 102 valence electrons. The van der Waals surface area contributed by atoms with E-state index in [1.807, 2.05) is 24.6 Å². The highest BCUT2D eigenvalue weighted by molar-refractivity contribution is 7.09. The van der Waals surface area contributed by atoms with E-state index in [4.69, 9.17) is 0 Å². The zero-order chi connectivity index (χ0) is 13.7. The molecular formula is C15H21N3S. The van der Waals surface area contributed by atoms with E-state index < -0.39 is 0 Å². The zero-order valence-corrected chi connectivity index (χ0v) is 12.6. The van der Waals surface area contributed by atoms with Crippen LogP contribution in [0.2, 0.25) is 0 Å². The maximum absolute atomic E-state index is 4.38. The Morgan fingerprint density at radius 3 is 2.84 bits per heavy atom. The van der Waals surface area contributed by atoms with E-state index in [-0.39, 0.29) is 0 Å². The van der Waals surface area contributed by atoms with Gasteiger partial charge >= 0.3 is 0 Å². The second kappa shape index (κ2) is 6.68. The summed E-state index contributed by atoms with van der Waals surface area (Å²) >= 11 is 1.81. The van der Waals surface area contributed by atoms with Gasteiger partial charge in [0.2, 0.25) is 0 Å². The summed E-state index contributed by atoms with van der Waals surface area (Å²) in [6.07, 6.45) is 1.89. The maximum atomic E-state index is 4.38. The van der Waals surface area contributed by atoms with Crippen molar-refractivity contribution in [3.63, 3.8) is 0 Å². The molecule has 0 spiro atoms. The fraction of sp³-hybridized carbons (Fsp3) is 0.400. The molecular weight excluding hydrogens is 254 g/mol. The van der Waals surface area contributed by atoms with Crippen molar-refractivity contribution in [3.05, 3.63) is 46.4 Å². The van der Waals surface area contributed by atoms with Crippen LogP contribution in [0.3, 0.4) is 0 Å². The van der Waals surface area contributed by atoms with Gasteiger partial charge in [-0.3, -0.25) is 4.98 Å². The Hall–Kier alpha value is -1.39. The van der Waals surface area contributed by atoms with Crippen molar-refractivity contribution in [2.45, 2.75) is 33.0 Å². The Kier molecular flexibility index (Phi) is 4.93. The van der Waals surface area contributed by atoms with E-state index in [2.05, 4.69) is 58.7 Å². The molecule has 0 bridgehead atoms. The fourth-order valence-corrected chi connectivity index (χ4v) is 2.77. The molecule has 3 nitrogen and oxygen atoms in total. The Balaban J connectivity index is 2.20. The lowest BCUT2D eigenvalue weighted by atomic mass is 10.2. The third kappa shape index (κ3) is 3.78. The van der Waals surface area contributed by atoms with Crippen LogP contribution in [0.4, 0.5) is 5.69 Å². The number of nitrogens with one attached hydrogen (secondary N) is 1. The van der Waals surface area contributed by atoms with Crippen molar-refractivity contribution >= 4 is 17.0 Å². The molecule has 0 unspecified atom stereocenters. The third-order valence-corrected chi connectivity index (χ3v) is 3.88. The number of hydrogen-bond acceptors (Lipinski definition) is 4. The van der Waals surface area contributed by atoms with Gasteiger partial charge in [-0.05, 0) is 44.5 Å². The zero-order valence-electron chi connectivity index (χ0n) is 11.8. The predicted octanol–water partition coefficient (Wildman–Crippen LogP) is 3.28. The minimum atomic E-state index is 0.465. The van der Waals surface area contributed by atoms with Gasteiger partial charge in [0.25, 0.3) is 0 Å². The van der Waals surface area contributed by atoms with Gasteiger partial charge in [0, 0.05) is 29.3 Å². The van der Waals surface area contributed by atoms with Crippen LogP contribution in [0.1, 0.15) is 24.4 Å². The Morgan fingerprint density at radius 2 is 2.21 bits per heavy atom. The molecule has 0 aliphatic heterocycles. The summed E-state index contributed by atoms with van der Waals surface area (Å²) in [5.74, 6) is 0. The Morgan fingerprint density at radius 1 is 1.37 bits per heavy atom. The number of nitrogens with zero attached hydrogens (tertiary/aromatic N) is 2. The highest BCUT2D eigenvalue weighted by atomic mass is 32.1. The standard InChI is InChI=1S/C15H21N3S/c1-12(2)18(11-15-5-4-8-19-15)14-6-7-17-13(9-14)10-16-3/h4-9,12,16H,10-11H2,1-3H3. The highest BCUT2D eigenvalue weighted by Crippen LogP contribution is 2.22. The molecule has 0 saturated carbocycles. The molecule has 0 aromatic carbocycles. The number of anilines is 1. The summed E-state index contributed by atoms with van der Waals surface area (Å²) in [7, 11) is 1.94. The number of hydrogen-bond donors (Lipinski definition) is 1. The molecule has 1 N–H and O–H groups in total. The maximum Gasteiger partial charge on any atom is 0.0562 e. The lowest BCUT2D eigenvalue weighted by Crippen LogP contribution is -2.30. The first kappa shape index (κ1) is 14.0. The van der Waals surface area contributed by atoms with Crippen molar-refractivity contribution < 1.29 is 0 Å². The molecule has 0 atom stereocenters. The van der Waals surface area contributed by atoms with Crippen LogP contribution in [-0.2, 0) is 13.1 Å². The molecule has 0 saturated heterocycles. The first-order valence-corrected chi connectivity index (χ1v) is 7.47. The van der Waals surface area contributed by atoms with Gasteiger partial charge in [-0.1, -0.05) is 6.07 Å². The number of thiophene rings is 1. The molecule has 2 aromatic heterocycles. The summed E-state index contributed by atoms with van der Waals surface area (Å²) in [5, 5.41) is 5.28. The van der Waals surface area contributed by atoms with Crippen LogP contribution < -0.4 is 10.2 Å². The molecule has 0 aliphatic carbocycles. The number of aromatic nitrogens is 1. The average molecular weight is 275 g/mol. The topological polar surface area (TPSA) is 28.2 Å². The normalized spacial score (nSPS) is 10.9. The van der Waals surface area contributed by atoms with E-state index >= 15 is 0 Å². The minimum Gasteiger partial charge on any atom is -0.364 e. The molecule has 0 radical (unpaired) electrons. The van der Waals surface area contributed by atoms with Crippen LogP contribution in [0.25, 0.3) is 0 Å². The van der Waals surface area contributed by atoms with Crippen LogP contribution in [0.15, 0.2) is 35.8 Å². The molecule has 0 fully saturated rings. The molecule has 0 amide bonds. The van der Waals surface area contributed by atoms with E-state index in [0.29, 0.717) is 6.04 Å². The lowest BCUT2D eigenvalue weighted by Gasteiger charge is -2.28. The van der Waals surface area contributed by atoms with Crippen molar-refractivity contribution in [1.29, 1.82) is 0 Å². The van der Waals surface area contributed by atoms with Gasteiger partial charge in [-0.2, -0.15) is 0 Å². The summed E-state index contributed by atoms with van der Waals surface area (Å²) in [6, 6.07) is 9.02. The van der Waals surface area contributed by atoms with Crippen LogP contribution >= 0.6 is 11.3 Å². The minimum absolute atomic E-state index is 0.465. The van der Waals surface area contributed by atoms with E-state index in [9.17, 15) is 0 Å². The summed E-state index contributed by atoms with van der Waals surface area (Å²) in [5.41, 5.74) is 2.32. The molecule has 2 rings (SSSR count). The number of rotatable bonds is 6. The van der Waals surface area contributed by atoms with Gasteiger partial charge in [0.15, 0.2) is 0 Å². The van der Waals surface area contributed by atoms with Gasteiger partial charge in [-0.15, -0.1) is 11.3 Å². The predicted molar refractivity (Wildman–Crippen MR) is 82.6 cm³/mol. The van der Waals surface area contributed by atoms with Crippen molar-refractivity contribution in [2.24, 2.45) is 0 Å². The second-order valence-electron chi connectivity index (χ2n) is 4.84. The molecule has 2 aromatic rings. The van der Waals surface area contributed by atoms with Crippen molar-refractivity contribution in [2.75, 3.05) is 11.9 Å². The smallest absolute Gasteiger partial charge is 0.0562 e. The quantitative estimate of drug-likeness (QED) is 0.877. The highest BCUT2D eigenvalue weighted by Gasteiger charge is 2.12. The van der Waals surface area contributed by atoms with Crippen LogP contribution in [0.5, 0.6) is 0 Å². The van der Waals surface area contributed by atoms with E-state index in [0.717, 1.165) is 18.8 Å². The van der Waals surface area contributed by atoms with E-state index in [1.165, 1.54) is 10.6 Å². The molecule has 0 aliphatic rings. The van der Waals surface area contributed by atoms with Gasteiger partial charge in [0.05, 0.1) is 12.2 Å². The first-order valence-electron chi connectivity index (χ1n) is 6.59. The second-order valence-corrected chi connectivity index (χ2v) is 5.87. The van der Waals surface area contributed by atoms with Crippen LogP contribution in [-0.4, -0.2) is 18.1 Å². The lowest BCUT2D eigenvalue weighted by molar-refractivity contribution is 0.684. The first-order chi connectivity index (χ1) is 9.20. The largest absolute Gasteiger partial charge is 0.364 e. The molecule has 4 heteroatoms. The third-order valence-electron chi connectivity index (χ3n) is 3.02. The SMILES string of the molecule is CNCc1cc(N(Cc2cccs2)C(C)C)ccn1. The van der Waals surface area contributed by atoms with Crippen molar-refractivity contribution in [3.8, 4) is 0 Å². The summed E-state index contributed by atoms with van der Waals surface area (Å²) in [4.78, 5) is 8.18. The molecule has 19 heavy (non-hydrogen) atoms. The Labute approximate surface area is 119 Å². The van der Waals surface area contributed by atoms with E-state index in [1.54, 1.807) is 0 Å². The summed E-state index contributed by atoms with van der Waals surface area (Å²) < 4.78 is 0. The van der Waals surface area contributed by atoms with Gasteiger partial charge < -0.3 is 10.2 Å². The monoisotopic (exact) mass is 275 g/mol. The average Bonchev–Trinajstić information content (AvgIpc) is 2.89. The van der Waals surface area contributed by atoms with Crippen molar-refractivity contribution in [1.82, 2.24) is 10.3 Å². The van der Waals surface area contributed by atoms with Crippen LogP contribution in [0, 0.1) is 0 Å². The van der Waals surface area contributed by atoms with Gasteiger partial charge in [-0.25, -0.2) is 0 Å². The Bertz CT molecular complexity index is 494. The fourth-order valence-electron chi connectivity index (χ4n) is 2.06. The summed E-state index contributed by atoms with van der Waals surface area (Å²) in [6.45, 7) is 6.22. The number of pyridine rings is 1. The molecule has 2 heterocycles. The van der Waals surface area contributed by atoms with Gasteiger partial charge in [0.1, 0.15) is 0 Å².